The van der Waals surface area contributed by atoms with E-state index in [1.54, 1.807) is 0 Å². The van der Waals surface area contributed by atoms with Crippen molar-refractivity contribution in [2.75, 3.05) is 51.3 Å². The lowest BCUT2D eigenvalue weighted by Gasteiger charge is -2.39. The number of piperazine rings is 1. The normalized spacial score (nSPS) is 34.1. The van der Waals surface area contributed by atoms with E-state index in [0.29, 0.717) is 0 Å². The van der Waals surface area contributed by atoms with Gasteiger partial charge in [0.2, 0.25) is 0 Å². The van der Waals surface area contributed by atoms with E-state index in [4.69, 9.17) is 0 Å². The largest absolute Gasteiger partial charge is 0.312 e. The molecule has 0 aliphatic carbocycles. The second-order valence-corrected chi connectivity index (χ2v) is 6.31. The van der Waals surface area contributed by atoms with Crippen LogP contribution in [0.4, 0.5) is 0 Å². The average Bonchev–Trinajstić information content (AvgIpc) is 2.29. The molecule has 2 heterocycles. The van der Waals surface area contributed by atoms with Gasteiger partial charge >= 0.3 is 0 Å². The third-order valence-corrected chi connectivity index (χ3v) is 4.86. The van der Waals surface area contributed by atoms with Crippen molar-refractivity contribution in [2.45, 2.75) is 25.4 Å². The fourth-order valence-corrected chi connectivity index (χ4v) is 3.63. The molecular formula is C12H25N3S. The second kappa shape index (κ2) is 6.24. The van der Waals surface area contributed by atoms with Crippen molar-refractivity contribution in [3.63, 3.8) is 0 Å². The molecule has 2 saturated heterocycles. The first kappa shape index (κ1) is 12.7. The molecule has 0 bridgehead atoms. The Hall–Kier alpha value is 0.230. The van der Waals surface area contributed by atoms with Crippen LogP contribution in [0, 0.1) is 0 Å². The zero-order valence-corrected chi connectivity index (χ0v) is 11.4. The lowest BCUT2D eigenvalue weighted by Crippen LogP contribution is -2.51. The van der Waals surface area contributed by atoms with Gasteiger partial charge in [0.05, 0.1) is 0 Å². The van der Waals surface area contributed by atoms with E-state index >= 15 is 0 Å². The van der Waals surface area contributed by atoms with Gasteiger partial charge in [-0.15, -0.1) is 0 Å². The molecule has 16 heavy (non-hydrogen) atoms. The van der Waals surface area contributed by atoms with Gasteiger partial charge in [-0.3, -0.25) is 4.90 Å². The summed E-state index contributed by atoms with van der Waals surface area (Å²) in [7, 11) is 2.23. The van der Waals surface area contributed by atoms with Crippen LogP contribution in [0.3, 0.4) is 0 Å². The van der Waals surface area contributed by atoms with Crippen molar-refractivity contribution < 1.29 is 0 Å². The minimum Gasteiger partial charge on any atom is -0.312 e. The van der Waals surface area contributed by atoms with Crippen molar-refractivity contribution in [1.82, 2.24) is 15.1 Å². The first-order chi connectivity index (χ1) is 7.75. The van der Waals surface area contributed by atoms with Gasteiger partial charge < -0.3 is 10.2 Å². The highest BCUT2D eigenvalue weighted by atomic mass is 32.2. The van der Waals surface area contributed by atoms with Crippen molar-refractivity contribution in [3.8, 4) is 0 Å². The lowest BCUT2D eigenvalue weighted by atomic mass is 10.1. The Morgan fingerprint density at radius 2 is 2.25 bits per heavy atom. The Labute approximate surface area is 104 Å². The van der Waals surface area contributed by atoms with Crippen molar-refractivity contribution in [3.05, 3.63) is 0 Å². The van der Waals surface area contributed by atoms with Gasteiger partial charge in [-0.2, -0.15) is 11.8 Å². The second-order valence-electron chi connectivity index (χ2n) is 5.16. The number of hydrogen-bond donors (Lipinski definition) is 1. The topological polar surface area (TPSA) is 18.5 Å². The Kier molecular flexibility index (Phi) is 4.95. The Balaban J connectivity index is 1.68. The first-order valence-electron chi connectivity index (χ1n) is 6.49. The molecule has 2 atom stereocenters. The van der Waals surface area contributed by atoms with Crippen LogP contribution in [-0.4, -0.2) is 73.2 Å². The summed E-state index contributed by atoms with van der Waals surface area (Å²) < 4.78 is 0. The van der Waals surface area contributed by atoms with E-state index < -0.39 is 0 Å². The highest BCUT2D eigenvalue weighted by molar-refractivity contribution is 7.99. The summed E-state index contributed by atoms with van der Waals surface area (Å²) in [6.45, 7) is 8.54. The zero-order valence-electron chi connectivity index (χ0n) is 10.6. The van der Waals surface area contributed by atoms with E-state index in [1.165, 1.54) is 50.7 Å². The third kappa shape index (κ3) is 3.62. The van der Waals surface area contributed by atoms with Gasteiger partial charge in [-0.05, 0) is 20.4 Å². The van der Waals surface area contributed by atoms with Gasteiger partial charge in [0.25, 0.3) is 0 Å². The summed E-state index contributed by atoms with van der Waals surface area (Å²) in [4.78, 5) is 5.09. The van der Waals surface area contributed by atoms with Crippen LogP contribution in [0.15, 0.2) is 0 Å². The van der Waals surface area contributed by atoms with E-state index in [9.17, 15) is 0 Å². The maximum Gasteiger partial charge on any atom is 0.0195 e. The predicted octanol–water partition coefficient (Wildman–Crippen LogP) is 0.717. The molecule has 0 aromatic heterocycles. The van der Waals surface area contributed by atoms with Crippen LogP contribution in [0.2, 0.25) is 0 Å². The number of nitrogens with zero attached hydrogens (tertiary/aromatic N) is 2. The minimum absolute atomic E-state index is 0.731. The van der Waals surface area contributed by atoms with Crippen LogP contribution < -0.4 is 5.32 Å². The molecule has 0 radical (unpaired) electrons. The maximum atomic E-state index is 3.62. The molecular weight excluding hydrogens is 218 g/mol. The molecule has 2 aliphatic rings. The quantitative estimate of drug-likeness (QED) is 0.787. The maximum absolute atomic E-state index is 3.62. The summed E-state index contributed by atoms with van der Waals surface area (Å²) in [5.41, 5.74) is 0. The van der Waals surface area contributed by atoms with Crippen LogP contribution in [0.25, 0.3) is 0 Å². The molecule has 3 nitrogen and oxygen atoms in total. The molecule has 0 aromatic rings. The molecule has 2 fully saturated rings. The molecule has 1 N–H and O–H groups in total. The van der Waals surface area contributed by atoms with E-state index in [-0.39, 0.29) is 0 Å². The van der Waals surface area contributed by atoms with Crippen molar-refractivity contribution in [1.29, 1.82) is 0 Å². The summed E-state index contributed by atoms with van der Waals surface area (Å²) in [6, 6.07) is 1.49. The molecule has 2 rings (SSSR count). The SMILES string of the molecule is CC1CN(C)CCN1CCC1CSCCN1. The lowest BCUT2D eigenvalue weighted by molar-refractivity contribution is 0.0967. The number of nitrogens with one attached hydrogen (secondary N) is 1. The van der Waals surface area contributed by atoms with E-state index in [2.05, 4.69) is 40.8 Å². The summed E-state index contributed by atoms with van der Waals surface area (Å²) in [6.07, 6.45) is 1.32. The molecule has 2 unspecified atom stereocenters. The predicted molar refractivity (Wildman–Crippen MR) is 72.3 cm³/mol. The monoisotopic (exact) mass is 243 g/mol. The summed E-state index contributed by atoms with van der Waals surface area (Å²) in [5, 5.41) is 3.62. The fraction of sp³-hybridized carbons (Fsp3) is 1.00. The molecule has 0 spiro atoms. The van der Waals surface area contributed by atoms with Crippen molar-refractivity contribution in [2.24, 2.45) is 0 Å². The average molecular weight is 243 g/mol. The van der Waals surface area contributed by atoms with Crippen molar-refractivity contribution >= 4 is 11.8 Å². The van der Waals surface area contributed by atoms with Crippen LogP contribution >= 0.6 is 11.8 Å². The van der Waals surface area contributed by atoms with Gasteiger partial charge in [0.15, 0.2) is 0 Å². The number of hydrogen-bond acceptors (Lipinski definition) is 4. The van der Waals surface area contributed by atoms with Gasteiger partial charge in [0.1, 0.15) is 0 Å². The van der Waals surface area contributed by atoms with Gasteiger partial charge in [-0.1, -0.05) is 0 Å². The fourth-order valence-electron chi connectivity index (χ4n) is 2.64. The minimum atomic E-state index is 0.731. The number of thioether (sulfide) groups is 1. The third-order valence-electron chi connectivity index (χ3n) is 3.73. The molecule has 0 amide bonds. The van der Waals surface area contributed by atoms with E-state index in [1.807, 2.05) is 0 Å². The Morgan fingerprint density at radius 1 is 1.38 bits per heavy atom. The summed E-state index contributed by atoms with van der Waals surface area (Å²) in [5.74, 6) is 2.60. The van der Waals surface area contributed by atoms with Gasteiger partial charge in [-0.25, -0.2) is 0 Å². The standard InChI is InChI=1S/C12H25N3S/c1-11-9-14(2)6-7-15(11)5-3-12-10-16-8-4-13-12/h11-13H,3-10H2,1-2H3. The molecule has 0 saturated carbocycles. The molecule has 0 aromatic carbocycles. The number of likely N-dealkylation sites (N-methyl/N-ethyl adjacent to an activating group) is 1. The Morgan fingerprint density at radius 3 is 2.94 bits per heavy atom. The molecule has 4 heteroatoms. The van der Waals surface area contributed by atoms with E-state index in [0.717, 1.165) is 12.1 Å². The molecule has 2 aliphatic heterocycles. The first-order valence-corrected chi connectivity index (χ1v) is 7.65. The highest BCUT2D eigenvalue weighted by Gasteiger charge is 2.22. The summed E-state index contributed by atoms with van der Waals surface area (Å²) >= 11 is 2.10. The zero-order chi connectivity index (χ0) is 11.4. The smallest absolute Gasteiger partial charge is 0.0195 e. The molecule has 94 valence electrons. The van der Waals surface area contributed by atoms with Gasteiger partial charge in [0, 0.05) is 56.3 Å². The highest BCUT2D eigenvalue weighted by Crippen LogP contribution is 2.13. The van der Waals surface area contributed by atoms with Crippen LogP contribution in [-0.2, 0) is 0 Å². The Bertz CT molecular complexity index is 206. The number of rotatable bonds is 3. The van der Waals surface area contributed by atoms with Crippen LogP contribution in [0.1, 0.15) is 13.3 Å². The van der Waals surface area contributed by atoms with Crippen LogP contribution in [0.5, 0.6) is 0 Å².